The van der Waals surface area contributed by atoms with Crippen molar-refractivity contribution in [2.75, 3.05) is 26.1 Å². The highest BCUT2D eigenvalue weighted by atomic mass is 32.2. The van der Waals surface area contributed by atoms with Crippen LogP contribution in [0.3, 0.4) is 0 Å². The highest BCUT2D eigenvalue weighted by Crippen LogP contribution is 2.31. The van der Waals surface area contributed by atoms with E-state index in [0.717, 1.165) is 0 Å². The van der Waals surface area contributed by atoms with E-state index in [-0.39, 0.29) is 4.90 Å². The number of benzene rings is 2. The standard InChI is InChI=1S/C15H17NO5S/c1-19-11-4-7-13(8-5-11)22(17,18)16-14-9-6-12(20-2)10-15(14)21-3/h4-10,16H,1-3H3. The molecule has 6 nitrogen and oxygen atoms in total. The summed E-state index contributed by atoms with van der Waals surface area (Å²) >= 11 is 0. The van der Waals surface area contributed by atoms with Crippen LogP contribution in [0.25, 0.3) is 0 Å². The third-order valence-electron chi connectivity index (χ3n) is 3.02. The van der Waals surface area contributed by atoms with Crippen LogP contribution in [0.1, 0.15) is 0 Å². The van der Waals surface area contributed by atoms with E-state index in [1.54, 1.807) is 30.3 Å². The number of anilines is 1. The van der Waals surface area contributed by atoms with Crippen LogP contribution >= 0.6 is 0 Å². The molecule has 22 heavy (non-hydrogen) atoms. The normalized spacial score (nSPS) is 10.9. The second kappa shape index (κ2) is 6.57. The topological polar surface area (TPSA) is 73.9 Å². The van der Waals surface area contributed by atoms with Gasteiger partial charge in [-0.15, -0.1) is 0 Å². The van der Waals surface area contributed by atoms with Crippen molar-refractivity contribution in [1.82, 2.24) is 0 Å². The van der Waals surface area contributed by atoms with Crippen molar-refractivity contribution in [1.29, 1.82) is 0 Å². The van der Waals surface area contributed by atoms with Gasteiger partial charge in [0.1, 0.15) is 17.2 Å². The molecule has 2 rings (SSSR count). The molecule has 0 bridgehead atoms. The average Bonchev–Trinajstić information content (AvgIpc) is 2.55. The van der Waals surface area contributed by atoms with Crippen LogP contribution < -0.4 is 18.9 Å². The van der Waals surface area contributed by atoms with Gasteiger partial charge in [-0.3, -0.25) is 4.72 Å². The van der Waals surface area contributed by atoms with Gasteiger partial charge in [0.25, 0.3) is 10.0 Å². The van der Waals surface area contributed by atoms with Crippen LogP contribution in [0.15, 0.2) is 47.4 Å². The van der Waals surface area contributed by atoms with Gasteiger partial charge >= 0.3 is 0 Å². The van der Waals surface area contributed by atoms with Crippen molar-refractivity contribution in [3.8, 4) is 17.2 Å². The third kappa shape index (κ3) is 3.43. The van der Waals surface area contributed by atoms with Gasteiger partial charge in [-0.2, -0.15) is 0 Å². The summed E-state index contributed by atoms with van der Waals surface area (Å²) < 4.78 is 42.5. The van der Waals surface area contributed by atoms with Crippen molar-refractivity contribution in [3.05, 3.63) is 42.5 Å². The lowest BCUT2D eigenvalue weighted by Crippen LogP contribution is -2.13. The quantitative estimate of drug-likeness (QED) is 0.884. The first-order valence-electron chi connectivity index (χ1n) is 6.39. The van der Waals surface area contributed by atoms with Crippen molar-refractivity contribution in [3.63, 3.8) is 0 Å². The third-order valence-corrected chi connectivity index (χ3v) is 4.40. The van der Waals surface area contributed by atoms with Crippen LogP contribution in [0, 0.1) is 0 Å². The van der Waals surface area contributed by atoms with Crippen molar-refractivity contribution < 1.29 is 22.6 Å². The molecule has 7 heteroatoms. The fourth-order valence-corrected chi connectivity index (χ4v) is 2.91. The second-order valence-corrected chi connectivity index (χ2v) is 6.03. The summed E-state index contributed by atoms with van der Waals surface area (Å²) in [5, 5.41) is 0. The van der Waals surface area contributed by atoms with E-state index in [2.05, 4.69) is 4.72 Å². The Morgan fingerprint density at radius 3 is 1.95 bits per heavy atom. The van der Waals surface area contributed by atoms with Crippen LogP contribution in [0.2, 0.25) is 0 Å². The van der Waals surface area contributed by atoms with Crippen molar-refractivity contribution >= 4 is 15.7 Å². The molecule has 0 spiro atoms. The summed E-state index contributed by atoms with van der Waals surface area (Å²) in [5.41, 5.74) is 0.333. The van der Waals surface area contributed by atoms with E-state index in [4.69, 9.17) is 14.2 Å². The number of ether oxygens (including phenoxy) is 3. The smallest absolute Gasteiger partial charge is 0.262 e. The van der Waals surface area contributed by atoms with E-state index in [1.807, 2.05) is 0 Å². The Bertz CT molecular complexity index is 741. The summed E-state index contributed by atoms with van der Waals surface area (Å²) in [7, 11) is 0.783. The van der Waals surface area contributed by atoms with Crippen molar-refractivity contribution in [2.24, 2.45) is 0 Å². The van der Waals surface area contributed by atoms with Gasteiger partial charge in [0.15, 0.2) is 0 Å². The molecule has 0 saturated carbocycles. The van der Waals surface area contributed by atoms with Gasteiger partial charge in [-0.25, -0.2) is 8.42 Å². The second-order valence-electron chi connectivity index (χ2n) is 4.35. The van der Waals surface area contributed by atoms with Crippen LogP contribution in [-0.4, -0.2) is 29.7 Å². The molecular weight excluding hydrogens is 306 g/mol. The summed E-state index contributed by atoms with van der Waals surface area (Å²) in [5.74, 6) is 1.53. The minimum atomic E-state index is -3.72. The van der Waals surface area contributed by atoms with E-state index in [9.17, 15) is 8.42 Å². The molecule has 0 aromatic heterocycles. The first-order valence-corrected chi connectivity index (χ1v) is 7.87. The lowest BCUT2D eigenvalue weighted by molar-refractivity contribution is 0.395. The summed E-state index contributed by atoms with van der Waals surface area (Å²) in [6, 6.07) is 10.9. The Kier molecular flexibility index (Phi) is 4.77. The Morgan fingerprint density at radius 2 is 1.41 bits per heavy atom. The Hall–Kier alpha value is -2.41. The number of hydrogen-bond acceptors (Lipinski definition) is 5. The highest BCUT2D eigenvalue weighted by Gasteiger charge is 2.17. The largest absolute Gasteiger partial charge is 0.497 e. The molecule has 0 amide bonds. The number of rotatable bonds is 6. The van der Waals surface area contributed by atoms with Crippen LogP contribution in [0.4, 0.5) is 5.69 Å². The van der Waals surface area contributed by atoms with Gasteiger partial charge in [-0.05, 0) is 36.4 Å². The zero-order valence-corrected chi connectivity index (χ0v) is 13.3. The van der Waals surface area contributed by atoms with Gasteiger partial charge in [0.05, 0.1) is 31.9 Å². The molecular formula is C15H17NO5S. The summed E-state index contributed by atoms with van der Waals surface area (Å²) in [6.45, 7) is 0. The van der Waals surface area contributed by atoms with Crippen molar-refractivity contribution in [2.45, 2.75) is 4.90 Å². The molecule has 0 saturated heterocycles. The first kappa shape index (κ1) is 16.0. The molecule has 0 aliphatic rings. The number of nitrogens with one attached hydrogen (secondary N) is 1. The minimum Gasteiger partial charge on any atom is -0.497 e. The molecule has 0 atom stereocenters. The molecule has 0 heterocycles. The average molecular weight is 323 g/mol. The van der Waals surface area contributed by atoms with Crippen LogP contribution in [0.5, 0.6) is 17.2 Å². The molecule has 0 fully saturated rings. The molecule has 0 aliphatic carbocycles. The van der Waals surface area contributed by atoms with E-state index in [0.29, 0.717) is 22.9 Å². The molecule has 0 radical (unpaired) electrons. The molecule has 0 unspecified atom stereocenters. The van der Waals surface area contributed by atoms with Gasteiger partial charge in [0.2, 0.25) is 0 Å². The molecule has 2 aromatic carbocycles. The van der Waals surface area contributed by atoms with Gasteiger partial charge < -0.3 is 14.2 Å². The molecule has 2 aromatic rings. The number of hydrogen-bond donors (Lipinski definition) is 1. The predicted octanol–water partition coefficient (Wildman–Crippen LogP) is 2.51. The Labute approximate surface area is 129 Å². The zero-order valence-electron chi connectivity index (χ0n) is 12.5. The lowest BCUT2D eigenvalue weighted by atomic mass is 10.3. The minimum absolute atomic E-state index is 0.131. The monoisotopic (exact) mass is 323 g/mol. The summed E-state index contributed by atoms with van der Waals surface area (Å²) in [4.78, 5) is 0.131. The Morgan fingerprint density at radius 1 is 0.818 bits per heavy atom. The highest BCUT2D eigenvalue weighted by molar-refractivity contribution is 7.92. The maximum Gasteiger partial charge on any atom is 0.262 e. The SMILES string of the molecule is COc1ccc(S(=O)(=O)Nc2ccc(OC)cc2OC)cc1. The number of methoxy groups -OCH3 is 3. The lowest BCUT2D eigenvalue weighted by Gasteiger charge is -2.13. The Balaban J connectivity index is 2.31. The molecule has 1 N–H and O–H groups in total. The van der Waals surface area contributed by atoms with E-state index < -0.39 is 10.0 Å². The maximum atomic E-state index is 12.4. The number of sulfonamides is 1. The molecule has 118 valence electrons. The van der Waals surface area contributed by atoms with Gasteiger partial charge in [-0.1, -0.05) is 0 Å². The molecule has 0 aliphatic heterocycles. The fraction of sp³-hybridized carbons (Fsp3) is 0.200. The zero-order chi connectivity index (χ0) is 16.2. The van der Waals surface area contributed by atoms with Gasteiger partial charge in [0, 0.05) is 6.07 Å². The first-order chi connectivity index (χ1) is 10.5. The summed E-state index contributed by atoms with van der Waals surface area (Å²) in [6.07, 6.45) is 0. The maximum absolute atomic E-state index is 12.4. The predicted molar refractivity (Wildman–Crippen MR) is 83.3 cm³/mol. The van der Waals surface area contributed by atoms with E-state index >= 15 is 0 Å². The fourth-order valence-electron chi connectivity index (χ4n) is 1.84. The van der Waals surface area contributed by atoms with E-state index in [1.165, 1.54) is 33.5 Å². The van der Waals surface area contributed by atoms with Crippen LogP contribution in [-0.2, 0) is 10.0 Å².